The van der Waals surface area contributed by atoms with Crippen LogP contribution in [0, 0.1) is 0 Å². The number of nitrogens with zero attached hydrogens (tertiary/aromatic N) is 1. The minimum atomic E-state index is -0.613. The van der Waals surface area contributed by atoms with E-state index in [0.29, 0.717) is 5.76 Å². The normalized spacial score (nSPS) is 10.3. The lowest BCUT2D eigenvalue weighted by molar-refractivity contribution is 0.517. The van der Waals surface area contributed by atoms with Gasteiger partial charge in [-0.15, -0.1) is 0 Å². The van der Waals surface area contributed by atoms with Crippen LogP contribution in [0.5, 0.6) is 0 Å². The van der Waals surface area contributed by atoms with Gasteiger partial charge in [0.1, 0.15) is 11.5 Å². The maximum absolute atomic E-state index is 11.2. The molecule has 2 heterocycles. The minimum Gasteiger partial charge on any atom is -0.469 e. The smallest absolute Gasteiger partial charge is 0.342 e. The number of aromatic amines is 2. The molecule has 0 unspecified atom stereocenters. The van der Waals surface area contributed by atoms with Gasteiger partial charge in [0.15, 0.2) is 0 Å². The lowest BCUT2D eigenvalue weighted by atomic mass is 10.2. The Morgan fingerprint density at radius 2 is 2.29 bits per heavy atom. The van der Waals surface area contributed by atoms with Gasteiger partial charge >= 0.3 is 5.69 Å². The lowest BCUT2D eigenvalue weighted by Crippen LogP contribution is -2.27. The molecule has 2 N–H and O–H groups in total. The van der Waals surface area contributed by atoms with Crippen LogP contribution in [0.2, 0.25) is 0 Å². The second kappa shape index (κ2) is 3.33. The Hall–Kier alpha value is -2.11. The molecule has 0 atom stereocenters. The summed E-state index contributed by atoms with van der Waals surface area (Å²) in [6.07, 6.45) is 1.77. The van der Waals surface area contributed by atoms with Gasteiger partial charge in [-0.1, -0.05) is 0 Å². The largest absolute Gasteiger partial charge is 0.469 e. The lowest BCUT2D eigenvalue weighted by Gasteiger charge is -1.93. The summed E-state index contributed by atoms with van der Waals surface area (Å²) in [5.74, 6) is 0.620. The predicted molar refractivity (Wildman–Crippen MR) is 47.0 cm³/mol. The average Bonchev–Trinajstić information content (AvgIpc) is 2.62. The van der Waals surface area contributed by atoms with Crippen LogP contribution in [0.3, 0.4) is 0 Å². The molecule has 6 nitrogen and oxygen atoms in total. The summed E-state index contributed by atoms with van der Waals surface area (Å²) in [6, 6.07) is 3.45. The molecule has 2 aromatic rings. The molecule has 0 aliphatic rings. The molecule has 0 saturated carbocycles. The van der Waals surface area contributed by atoms with Crippen molar-refractivity contribution in [2.75, 3.05) is 0 Å². The Morgan fingerprint density at radius 1 is 1.43 bits per heavy atom. The monoisotopic (exact) mass is 193 g/mol. The molecule has 6 heteroatoms. The molecule has 72 valence electrons. The molecule has 0 aromatic carbocycles. The summed E-state index contributed by atoms with van der Waals surface area (Å²) in [6.45, 7) is 0. The predicted octanol–water partition coefficient (Wildman–Crippen LogP) is -0.358. The number of nitrogens with one attached hydrogen (secondary N) is 2. The molecule has 0 aliphatic carbocycles. The summed E-state index contributed by atoms with van der Waals surface area (Å²) in [4.78, 5) is 23.9. The van der Waals surface area contributed by atoms with Crippen molar-refractivity contribution in [1.29, 1.82) is 0 Å². The molecule has 0 radical (unpaired) electrons. The third kappa shape index (κ3) is 1.63. The van der Waals surface area contributed by atoms with Gasteiger partial charge in [0.2, 0.25) is 0 Å². The van der Waals surface area contributed by atoms with Crippen LogP contribution >= 0.6 is 0 Å². The number of H-pyrrole nitrogens is 2. The molecular formula is C8H7N3O3. The van der Waals surface area contributed by atoms with Gasteiger partial charge < -0.3 is 4.42 Å². The molecule has 0 saturated heterocycles. The molecule has 0 aliphatic heterocycles. The first-order valence-electron chi connectivity index (χ1n) is 3.96. The topological polar surface area (TPSA) is 91.8 Å². The van der Waals surface area contributed by atoms with Gasteiger partial charge in [-0.2, -0.15) is 5.10 Å². The summed E-state index contributed by atoms with van der Waals surface area (Å²) >= 11 is 0. The number of aromatic nitrogens is 3. The first kappa shape index (κ1) is 8.49. The maximum atomic E-state index is 11.2. The molecule has 0 spiro atoms. The zero-order valence-electron chi connectivity index (χ0n) is 7.11. The van der Waals surface area contributed by atoms with Crippen LogP contribution in [-0.4, -0.2) is 15.2 Å². The molecule has 0 fully saturated rings. The van der Waals surface area contributed by atoms with Gasteiger partial charge in [0, 0.05) is 0 Å². The van der Waals surface area contributed by atoms with Crippen LogP contribution < -0.4 is 11.2 Å². The maximum Gasteiger partial charge on any atom is 0.342 e. The van der Waals surface area contributed by atoms with Crippen molar-refractivity contribution < 1.29 is 4.42 Å². The quantitative estimate of drug-likeness (QED) is 0.681. The summed E-state index contributed by atoms with van der Waals surface area (Å²) in [5.41, 5.74) is -0.886. The SMILES string of the molecule is O=c1[nH]nc(Cc2ccco2)c(=O)[nH]1. The second-order valence-electron chi connectivity index (χ2n) is 2.71. The highest BCUT2D eigenvalue weighted by Gasteiger charge is 2.05. The second-order valence-corrected chi connectivity index (χ2v) is 2.71. The number of rotatable bonds is 2. The van der Waals surface area contributed by atoms with Crippen LogP contribution in [0.4, 0.5) is 0 Å². The van der Waals surface area contributed by atoms with Crippen LogP contribution in [0.1, 0.15) is 11.5 Å². The van der Waals surface area contributed by atoms with E-state index in [1.807, 2.05) is 0 Å². The van der Waals surface area contributed by atoms with Crippen LogP contribution in [0.15, 0.2) is 32.4 Å². The fourth-order valence-corrected chi connectivity index (χ4v) is 1.07. The number of hydrogen-bond donors (Lipinski definition) is 2. The molecule has 2 aromatic heterocycles. The van der Waals surface area contributed by atoms with Crippen molar-refractivity contribution in [1.82, 2.24) is 15.2 Å². The van der Waals surface area contributed by atoms with E-state index in [2.05, 4.69) is 15.2 Å². The zero-order chi connectivity index (χ0) is 9.97. The average molecular weight is 193 g/mol. The fraction of sp³-hybridized carbons (Fsp3) is 0.125. The molecule has 0 bridgehead atoms. The van der Waals surface area contributed by atoms with Crippen molar-refractivity contribution in [3.63, 3.8) is 0 Å². The standard InChI is InChI=1S/C8H7N3O3/c12-7-6(10-11-8(13)9-7)4-5-2-1-3-14-5/h1-3H,4H2,(H2,9,11,12,13). The highest BCUT2D eigenvalue weighted by atomic mass is 16.3. The van der Waals surface area contributed by atoms with E-state index in [4.69, 9.17) is 4.42 Å². The highest BCUT2D eigenvalue weighted by Crippen LogP contribution is 2.02. The van der Waals surface area contributed by atoms with E-state index in [1.165, 1.54) is 6.26 Å². The Bertz CT molecular complexity index is 523. The van der Waals surface area contributed by atoms with Crippen LogP contribution in [-0.2, 0) is 6.42 Å². The zero-order valence-corrected chi connectivity index (χ0v) is 7.11. The number of hydrogen-bond acceptors (Lipinski definition) is 4. The molecule has 2 rings (SSSR count). The van der Waals surface area contributed by atoms with E-state index in [9.17, 15) is 9.59 Å². The Labute approximate surface area is 77.6 Å². The van der Waals surface area contributed by atoms with Crippen molar-refractivity contribution in [2.24, 2.45) is 0 Å². The van der Waals surface area contributed by atoms with Crippen molar-refractivity contribution in [3.8, 4) is 0 Å². The van der Waals surface area contributed by atoms with E-state index in [1.54, 1.807) is 12.1 Å². The van der Waals surface area contributed by atoms with Crippen molar-refractivity contribution in [3.05, 3.63) is 50.7 Å². The van der Waals surface area contributed by atoms with Gasteiger partial charge in [-0.05, 0) is 12.1 Å². The third-order valence-corrected chi connectivity index (χ3v) is 1.70. The Balaban J connectivity index is 2.35. The van der Waals surface area contributed by atoms with E-state index in [0.717, 1.165) is 0 Å². The van der Waals surface area contributed by atoms with E-state index < -0.39 is 11.2 Å². The minimum absolute atomic E-state index is 0.222. The van der Waals surface area contributed by atoms with Crippen molar-refractivity contribution >= 4 is 0 Å². The fourth-order valence-electron chi connectivity index (χ4n) is 1.07. The Morgan fingerprint density at radius 3 is 2.93 bits per heavy atom. The summed E-state index contributed by atoms with van der Waals surface area (Å²) in [7, 11) is 0. The van der Waals surface area contributed by atoms with E-state index in [-0.39, 0.29) is 12.1 Å². The van der Waals surface area contributed by atoms with Gasteiger partial charge in [0.05, 0.1) is 12.7 Å². The first-order valence-corrected chi connectivity index (χ1v) is 3.96. The van der Waals surface area contributed by atoms with Crippen LogP contribution in [0.25, 0.3) is 0 Å². The summed E-state index contributed by atoms with van der Waals surface area (Å²) in [5, 5.41) is 5.76. The van der Waals surface area contributed by atoms with E-state index >= 15 is 0 Å². The molecular weight excluding hydrogens is 186 g/mol. The molecule has 0 amide bonds. The van der Waals surface area contributed by atoms with Gasteiger partial charge in [0.25, 0.3) is 5.56 Å². The Kier molecular flexibility index (Phi) is 2.02. The van der Waals surface area contributed by atoms with Gasteiger partial charge in [-0.25, -0.2) is 9.89 Å². The van der Waals surface area contributed by atoms with Gasteiger partial charge in [-0.3, -0.25) is 9.78 Å². The summed E-state index contributed by atoms with van der Waals surface area (Å²) < 4.78 is 5.04. The third-order valence-electron chi connectivity index (χ3n) is 1.70. The number of furan rings is 1. The van der Waals surface area contributed by atoms with Crippen molar-refractivity contribution in [2.45, 2.75) is 6.42 Å². The molecule has 14 heavy (non-hydrogen) atoms. The highest BCUT2D eigenvalue weighted by molar-refractivity contribution is 5.08. The first-order chi connectivity index (χ1) is 6.75.